The Kier molecular flexibility index (Phi) is 6.07. The van der Waals surface area contributed by atoms with Crippen LogP contribution in [0.5, 0.6) is 0 Å². The SMILES string of the molecule is [C-]#[N+]C(C(=O)c1ccn(COCC[Si](C)(C)C)n1)c1ccccc1. The lowest BCUT2D eigenvalue weighted by molar-refractivity contribution is 0.0777. The number of hydrogen-bond acceptors (Lipinski definition) is 3. The van der Waals surface area contributed by atoms with Gasteiger partial charge in [-0.05, 0) is 12.1 Å². The molecule has 0 N–H and O–H groups in total. The molecule has 0 aliphatic heterocycles. The highest BCUT2D eigenvalue weighted by Crippen LogP contribution is 2.21. The molecule has 0 radical (unpaired) electrons. The molecule has 0 spiro atoms. The average Bonchev–Trinajstić information content (AvgIpc) is 3.01. The molecule has 0 aliphatic rings. The zero-order chi connectivity index (χ0) is 17.6. The molecular weight excluding hydrogens is 318 g/mol. The van der Waals surface area contributed by atoms with Gasteiger partial charge in [0.15, 0.2) is 0 Å². The fourth-order valence-electron chi connectivity index (χ4n) is 2.16. The van der Waals surface area contributed by atoms with Gasteiger partial charge in [0.1, 0.15) is 12.4 Å². The molecule has 1 aromatic heterocycles. The Morgan fingerprint density at radius 3 is 2.62 bits per heavy atom. The quantitative estimate of drug-likeness (QED) is 0.315. The molecular formula is C18H23N3O2Si. The van der Waals surface area contributed by atoms with E-state index >= 15 is 0 Å². The van der Waals surface area contributed by atoms with E-state index < -0.39 is 14.1 Å². The molecule has 24 heavy (non-hydrogen) atoms. The number of benzene rings is 1. The van der Waals surface area contributed by atoms with E-state index in [0.29, 0.717) is 24.6 Å². The molecule has 0 amide bonds. The van der Waals surface area contributed by atoms with Gasteiger partial charge >= 0.3 is 6.04 Å². The number of aromatic nitrogens is 2. The highest BCUT2D eigenvalue weighted by molar-refractivity contribution is 6.76. The van der Waals surface area contributed by atoms with Crippen molar-refractivity contribution in [1.82, 2.24) is 9.78 Å². The summed E-state index contributed by atoms with van der Waals surface area (Å²) in [5.74, 6) is -0.281. The third kappa shape index (κ3) is 5.15. The van der Waals surface area contributed by atoms with Crippen LogP contribution < -0.4 is 0 Å². The Bertz CT molecular complexity index is 714. The molecule has 0 fully saturated rings. The summed E-state index contributed by atoms with van der Waals surface area (Å²) in [5.41, 5.74) is 0.993. The van der Waals surface area contributed by atoms with Gasteiger partial charge in [0, 0.05) is 26.4 Å². The molecule has 1 atom stereocenters. The molecule has 0 aliphatic carbocycles. The van der Waals surface area contributed by atoms with Crippen molar-refractivity contribution in [3.8, 4) is 0 Å². The van der Waals surface area contributed by atoms with Crippen LogP contribution >= 0.6 is 0 Å². The summed E-state index contributed by atoms with van der Waals surface area (Å²) < 4.78 is 7.22. The van der Waals surface area contributed by atoms with E-state index in [9.17, 15) is 4.79 Å². The lowest BCUT2D eigenvalue weighted by Crippen LogP contribution is -2.22. The number of nitrogens with zero attached hydrogens (tertiary/aromatic N) is 3. The van der Waals surface area contributed by atoms with Crippen LogP contribution in [0.3, 0.4) is 0 Å². The molecule has 1 aromatic carbocycles. The number of ketones is 1. The second-order valence-corrected chi connectivity index (χ2v) is 12.5. The van der Waals surface area contributed by atoms with Crippen LogP contribution in [0.15, 0.2) is 42.6 Å². The van der Waals surface area contributed by atoms with E-state index in [1.54, 1.807) is 29.1 Å². The molecule has 0 bridgehead atoms. The van der Waals surface area contributed by atoms with Crippen molar-refractivity contribution in [2.45, 2.75) is 38.5 Å². The lowest BCUT2D eigenvalue weighted by atomic mass is 10.0. The maximum Gasteiger partial charge on any atom is 0.312 e. The summed E-state index contributed by atoms with van der Waals surface area (Å²) in [5, 5.41) is 4.25. The smallest absolute Gasteiger partial charge is 0.312 e. The first-order valence-corrected chi connectivity index (χ1v) is 11.7. The second-order valence-electron chi connectivity index (χ2n) is 6.90. The summed E-state index contributed by atoms with van der Waals surface area (Å²) in [6, 6.07) is 11.0. The van der Waals surface area contributed by atoms with E-state index in [1.807, 2.05) is 18.2 Å². The van der Waals surface area contributed by atoms with E-state index in [0.717, 1.165) is 6.04 Å². The van der Waals surface area contributed by atoms with Crippen molar-refractivity contribution in [3.63, 3.8) is 0 Å². The maximum absolute atomic E-state index is 12.5. The number of carbonyl (C=O) groups is 1. The largest absolute Gasteiger partial charge is 0.360 e. The van der Waals surface area contributed by atoms with E-state index in [1.165, 1.54) is 0 Å². The number of hydrogen-bond donors (Lipinski definition) is 0. The van der Waals surface area contributed by atoms with E-state index in [4.69, 9.17) is 11.3 Å². The van der Waals surface area contributed by atoms with E-state index in [-0.39, 0.29) is 5.78 Å². The van der Waals surface area contributed by atoms with Crippen LogP contribution in [-0.2, 0) is 11.5 Å². The topological polar surface area (TPSA) is 48.5 Å². The molecule has 1 unspecified atom stereocenters. The fourth-order valence-corrected chi connectivity index (χ4v) is 2.92. The lowest BCUT2D eigenvalue weighted by Gasteiger charge is -2.15. The molecule has 126 valence electrons. The minimum Gasteiger partial charge on any atom is -0.360 e. The highest BCUT2D eigenvalue weighted by atomic mass is 28.3. The number of ether oxygens (including phenoxy) is 1. The summed E-state index contributed by atoms with van der Waals surface area (Å²) in [6.07, 6.45) is 1.72. The Labute approximate surface area is 144 Å². The van der Waals surface area contributed by atoms with Gasteiger partial charge in [0.25, 0.3) is 5.78 Å². The van der Waals surface area contributed by atoms with Crippen molar-refractivity contribution >= 4 is 13.9 Å². The zero-order valence-corrected chi connectivity index (χ0v) is 15.4. The van der Waals surface area contributed by atoms with Gasteiger partial charge < -0.3 is 4.74 Å². The standard InChI is InChI=1S/C18H23N3O2Si/c1-19-17(15-8-6-5-7-9-15)18(22)16-10-11-21(20-16)14-23-12-13-24(2,3)4/h5-11,17H,12-14H2,2-4H3. The molecule has 5 nitrogen and oxygen atoms in total. The Hall–Kier alpha value is -2.23. The average molecular weight is 341 g/mol. The van der Waals surface area contributed by atoms with Gasteiger partial charge in [-0.25, -0.2) is 11.3 Å². The second kappa shape index (κ2) is 8.04. The van der Waals surface area contributed by atoms with E-state index in [2.05, 4.69) is 29.6 Å². The number of carbonyl (C=O) groups excluding carboxylic acids is 1. The van der Waals surface area contributed by atoms with Gasteiger partial charge in [0.05, 0.1) is 0 Å². The first kappa shape index (κ1) is 18.1. The fraction of sp³-hybridized carbons (Fsp3) is 0.389. The van der Waals surface area contributed by atoms with Gasteiger partial charge in [-0.1, -0.05) is 50.0 Å². The van der Waals surface area contributed by atoms with Crippen molar-refractivity contribution in [3.05, 3.63) is 65.3 Å². The van der Waals surface area contributed by atoms with Crippen LogP contribution in [0.25, 0.3) is 4.85 Å². The molecule has 0 saturated heterocycles. The summed E-state index contributed by atoms with van der Waals surface area (Å²) in [7, 11) is -1.11. The van der Waals surface area contributed by atoms with Crippen molar-refractivity contribution in [2.24, 2.45) is 0 Å². The molecule has 2 aromatic rings. The Morgan fingerprint density at radius 1 is 1.29 bits per heavy atom. The predicted octanol–water partition coefficient (Wildman–Crippen LogP) is 4.04. The monoisotopic (exact) mass is 341 g/mol. The van der Waals surface area contributed by atoms with Gasteiger partial charge in [-0.15, -0.1) is 0 Å². The first-order valence-electron chi connectivity index (χ1n) is 7.97. The highest BCUT2D eigenvalue weighted by Gasteiger charge is 2.28. The molecule has 6 heteroatoms. The zero-order valence-electron chi connectivity index (χ0n) is 14.4. The van der Waals surface area contributed by atoms with Gasteiger partial charge in [-0.3, -0.25) is 9.64 Å². The Morgan fingerprint density at radius 2 is 2.00 bits per heavy atom. The number of Topliss-reactive ketones (excluding diaryl/α,β-unsaturated/α-hetero) is 1. The van der Waals surface area contributed by atoms with Crippen LogP contribution in [0.2, 0.25) is 25.7 Å². The van der Waals surface area contributed by atoms with Crippen LogP contribution in [0.4, 0.5) is 0 Å². The third-order valence-corrected chi connectivity index (χ3v) is 5.31. The van der Waals surface area contributed by atoms with Crippen molar-refractivity contribution in [1.29, 1.82) is 0 Å². The normalized spacial score (nSPS) is 12.6. The first-order chi connectivity index (χ1) is 11.4. The summed E-state index contributed by atoms with van der Waals surface area (Å²) in [4.78, 5) is 16.0. The van der Waals surface area contributed by atoms with Crippen molar-refractivity contribution < 1.29 is 9.53 Å². The maximum atomic E-state index is 12.5. The van der Waals surface area contributed by atoms with Crippen LogP contribution in [0, 0.1) is 6.57 Å². The van der Waals surface area contributed by atoms with Crippen molar-refractivity contribution in [2.75, 3.05) is 6.61 Å². The minimum absolute atomic E-state index is 0.281. The molecule has 2 rings (SSSR count). The van der Waals surface area contributed by atoms with Crippen LogP contribution in [-0.4, -0.2) is 30.2 Å². The summed E-state index contributed by atoms with van der Waals surface area (Å²) >= 11 is 0. The van der Waals surface area contributed by atoms with Crippen LogP contribution in [0.1, 0.15) is 22.1 Å². The number of rotatable bonds is 8. The minimum atomic E-state index is -1.11. The molecule has 1 heterocycles. The molecule has 0 saturated carbocycles. The Balaban J connectivity index is 1.97. The van der Waals surface area contributed by atoms with Gasteiger partial charge in [0.2, 0.25) is 0 Å². The predicted molar refractivity (Wildman–Crippen MR) is 96.4 cm³/mol. The summed E-state index contributed by atoms with van der Waals surface area (Å²) in [6.45, 7) is 15.3. The van der Waals surface area contributed by atoms with Gasteiger partial charge in [-0.2, -0.15) is 5.10 Å². The third-order valence-electron chi connectivity index (χ3n) is 3.61.